The van der Waals surface area contributed by atoms with Crippen molar-refractivity contribution in [2.24, 2.45) is 17.8 Å². The molecule has 0 aromatic heterocycles. The lowest BCUT2D eigenvalue weighted by Gasteiger charge is -2.45. The third-order valence-corrected chi connectivity index (χ3v) is 13.0. The normalized spacial score (nSPS) is 30.5. The topological polar surface area (TPSA) is 125 Å². The number of amides is 2. The van der Waals surface area contributed by atoms with E-state index in [0.717, 1.165) is 48.9 Å². The summed E-state index contributed by atoms with van der Waals surface area (Å²) in [5.41, 5.74) is 3.17. The number of sulfonamides is 1. The largest absolute Gasteiger partial charge is 0.487 e. The van der Waals surface area contributed by atoms with E-state index in [1.807, 2.05) is 25.1 Å². The van der Waals surface area contributed by atoms with Gasteiger partial charge >= 0.3 is 0 Å². The monoisotopic (exact) mass is 687 g/mol. The van der Waals surface area contributed by atoms with Gasteiger partial charge in [0, 0.05) is 36.3 Å². The van der Waals surface area contributed by atoms with E-state index in [2.05, 4.69) is 9.62 Å². The van der Waals surface area contributed by atoms with Crippen molar-refractivity contribution in [1.82, 2.24) is 9.62 Å². The Hall–Kier alpha value is -2.86. The van der Waals surface area contributed by atoms with Crippen LogP contribution < -0.4 is 14.4 Å². The van der Waals surface area contributed by atoms with Gasteiger partial charge in [-0.25, -0.2) is 13.1 Å². The van der Waals surface area contributed by atoms with Gasteiger partial charge in [-0.1, -0.05) is 24.6 Å². The van der Waals surface area contributed by atoms with Gasteiger partial charge in [0.1, 0.15) is 19.0 Å². The molecule has 1 saturated heterocycles. The van der Waals surface area contributed by atoms with Gasteiger partial charge in [-0.05, 0) is 111 Å². The van der Waals surface area contributed by atoms with E-state index < -0.39 is 33.2 Å². The number of carbonyl (C=O) groups excluding carboxylic acids is 2. The Morgan fingerprint density at radius 1 is 0.979 bits per heavy atom. The van der Waals surface area contributed by atoms with Crippen LogP contribution in [-0.2, 0) is 32.6 Å². The summed E-state index contributed by atoms with van der Waals surface area (Å²) in [4.78, 5) is 30.5. The highest BCUT2D eigenvalue weighted by molar-refractivity contribution is 7.90. The number of aliphatic hydroxyl groups is 1. The summed E-state index contributed by atoms with van der Waals surface area (Å²) in [7, 11) is -4.07. The maximum absolute atomic E-state index is 13.6. The average Bonchev–Trinajstić information content (AvgIpc) is 3.05. The minimum Gasteiger partial charge on any atom is -0.487 e. The molecule has 3 heterocycles. The van der Waals surface area contributed by atoms with Gasteiger partial charge in [-0.2, -0.15) is 0 Å². The Kier molecular flexibility index (Phi) is 10.4. The summed E-state index contributed by atoms with van der Waals surface area (Å²) in [6, 6.07) is 10.6. The predicted molar refractivity (Wildman–Crippen MR) is 180 cm³/mol. The number of aliphatic hydroxyl groups excluding tert-OH is 1. The third-order valence-electron chi connectivity index (χ3n) is 10.8. The fraction of sp³-hybridized carbons (Fsp3) is 0.600. The first kappa shape index (κ1) is 34.0. The van der Waals surface area contributed by atoms with E-state index in [4.69, 9.17) is 21.1 Å². The van der Waals surface area contributed by atoms with Crippen molar-refractivity contribution >= 4 is 39.1 Å². The minimum absolute atomic E-state index is 0.0217. The standard InChI is InChI=1S/C35H46ClN3O7S/c1-22-15-29(39-13-14-45-21-34(39)41)18-32(40)30-10-7-26(30)19-38-12-4-3-5-24-16-28(36)9-6-27(24)20-46-33-11-8-25(17-31(33)38)35(42)37-47(43,44)23(22)2/h6,8-9,11,16-17,22-23,26,29-30,32,40H,3-5,7,10,12-15,18-21H2,1-2H3,(H,37,42)/t22-,23+,26-,29-,30+,32+/m0/s1. The van der Waals surface area contributed by atoms with Gasteiger partial charge in [0.15, 0.2) is 0 Å². The molecule has 6 rings (SSSR count). The van der Waals surface area contributed by atoms with Crippen molar-refractivity contribution in [1.29, 1.82) is 0 Å². The molecule has 2 aromatic carbocycles. The van der Waals surface area contributed by atoms with Gasteiger partial charge in [-0.15, -0.1) is 0 Å². The van der Waals surface area contributed by atoms with Gasteiger partial charge < -0.3 is 24.4 Å². The first-order valence-electron chi connectivity index (χ1n) is 16.9. The van der Waals surface area contributed by atoms with Crippen molar-refractivity contribution in [2.45, 2.75) is 82.8 Å². The number of fused-ring (bicyclic) bond motifs is 3. The Morgan fingerprint density at radius 2 is 1.81 bits per heavy atom. The molecule has 6 atom stereocenters. The molecule has 1 saturated carbocycles. The number of carbonyl (C=O) groups is 2. The number of morpholine rings is 1. The average molecular weight is 688 g/mol. The lowest BCUT2D eigenvalue weighted by atomic mass is 9.68. The SMILES string of the molecule is C[C@@H]1[C@@H](C)C[C@H](N2CCOCC2=O)C[C@@H](O)[C@@H]2CC[C@H]2CN2CCCCc3cc(Cl)ccc3COc3ccc(cc32)C(=O)NS1(=O)=O. The molecule has 2 fully saturated rings. The van der Waals surface area contributed by atoms with Crippen molar-refractivity contribution in [3.63, 3.8) is 0 Å². The van der Waals surface area contributed by atoms with Crippen LogP contribution in [0.3, 0.4) is 0 Å². The zero-order valence-corrected chi connectivity index (χ0v) is 28.8. The molecule has 0 spiro atoms. The van der Waals surface area contributed by atoms with E-state index in [9.17, 15) is 23.1 Å². The van der Waals surface area contributed by atoms with Gasteiger partial charge in [0.25, 0.3) is 5.91 Å². The smallest absolute Gasteiger partial charge is 0.264 e. The number of hydrogen-bond donors (Lipinski definition) is 2. The highest BCUT2D eigenvalue weighted by atomic mass is 35.5. The van der Waals surface area contributed by atoms with Crippen molar-refractivity contribution in [2.75, 3.05) is 37.7 Å². The highest BCUT2D eigenvalue weighted by Gasteiger charge is 2.41. The number of halogens is 1. The second kappa shape index (κ2) is 14.3. The summed E-state index contributed by atoms with van der Waals surface area (Å²) >= 11 is 6.33. The first-order chi connectivity index (χ1) is 22.5. The third kappa shape index (κ3) is 7.58. The predicted octanol–water partition coefficient (Wildman–Crippen LogP) is 4.55. The molecule has 4 aliphatic rings. The molecule has 0 radical (unpaired) electrons. The molecule has 1 aliphatic carbocycles. The van der Waals surface area contributed by atoms with Crippen LogP contribution in [0.1, 0.15) is 73.9 Å². The molecule has 2 N–H and O–H groups in total. The summed E-state index contributed by atoms with van der Waals surface area (Å²) in [6.45, 7) is 5.89. The van der Waals surface area contributed by atoms with E-state index in [0.29, 0.717) is 56.5 Å². The molecule has 12 heteroatoms. The van der Waals surface area contributed by atoms with Crippen LogP contribution in [0.5, 0.6) is 5.75 Å². The van der Waals surface area contributed by atoms with Gasteiger partial charge in [0.05, 0.1) is 23.6 Å². The lowest BCUT2D eigenvalue weighted by molar-refractivity contribution is -0.147. The maximum atomic E-state index is 13.6. The first-order valence-corrected chi connectivity index (χ1v) is 18.8. The molecule has 256 valence electrons. The molecular formula is C35H46ClN3O7S. The quantitative estimate of drug-likeness (QED) is 0.448. The molecule has 0 unspecified atom stereocenters. The zero-order valence-electron chi connectivity index (χ0n) is 27.2. The number of nitrogens with one attached hydrogen (secondary N) is 1. The van der Waals surface area contributed by atoms with E-state index in [1.165, 1.54) is 0 Å². The van der Waals surface area contributed by atoms with E-state index in [1.54, 1.807) is 30.0 Å². The number of aryl methyl sites for hydroxylation is 1. The molecule has 2 amide bonds. The molecule has 47 heavy (non-hydrogen) atoms. The number of ether oxygens (including phenoxy) is 2. The fourth-order valence-electron chi connectivity index (χ4n) is 7.62. The molecule has 2 bridgehead atoms. The van der Waals surface area contributed by atoms with Crippen LogP contribution in [0, 0.1) is 17.8 Å². The molecule has 3 aliphatic heterocycles. The number of hydrogen-bond acceptors (Lipinski definition) is 8. The Bertz CT molecular complexity index is 1590. The van der Waals surface area contributed by atoms with Crippen LogP contribution >= 0.6 is 11.6 Å². The van der Waals surface area contributed by atoms with Crippen LogP contribution in [0.4, 0.5) is 5.69 Å². The van der Waals surface area contributed by atoms with Crippen molar-refractivity contribution in [3.8, 4) is 5.75 Å². The van der Waals surface area contributed by atoms with Crippen molar-refractivity contribution < 1.29 is 32.6 Å². The van der Waals surface area contributed by atoms with Gasteiger partial charge in [0.2, 0.25) is 15.9 Å². The molecule has 10 nitrogen and oxygen atoms in total. The van der Waals surface area contributed by atoms with Crippen LogP contribution in [0.2, 0.25) is 5.02 Å². The van der Waals surface area contributed by atoms with E-state index in [-0.39, 0.29) is 36.0 Å². The van der Waals surface area contributed by atoms with Crippen LogP contribution in [-0.4, -0.2) is 80.5 Å². The summed E-state index contributed by atoms with van der Waals surface area (Å²) in [6.07, 6.45) is 4.61. The highest BCUT2D eigenvalue weighted by Crippen LogP contribution is 2.42. The summed E-state index contributed by atoms with van der Waals surface area (Å²) in [5.74, 6) is -0.376. The Balaban J connectivity index is 1.36. The Morgan fingerprint density at radius 3 is 2.57 bits per heavy atom. The van der Waals surface area contributed by atoms with Crippen LogP contribution in [0.15, 0.2) is 36.4 Å². The lowest BCUT2D eigenvalue weighted by Crippen LogP contribution is -2.52. The number of rotatable bonds is 1. The maximum Gasteiger partial charge on any atom is 0.264 e. The molecular weight excluding hydrogens is 642 g/mol. The zero-order chi connectivity index (χ0) is 33.3. The summed E-state index contributed by atoms with van der Waals surface area (Å²) in [5, 5.41) is 11.5. The number of anilines is 1. The van der Waals surface area contributed by atoms with E-state index >= 15 is 0 Å². The second-order valence-electron chi connectivity index (χ2n) is 13.8. The van der Waals surface area contributed by atoms with Crippen molar-refractivity contribution in [3.05, 3.63) is 58.1 Å². The second-order valence-corrected chi connectivity index (χ2v) is 16.3. The molecule has 2 aromatic rings. The number of benzene rings is 2. The number of nitrogens with zero attached hydrogens (tertiary/aromatic N) is 2. The Labute approximate surface area is 282 Å². The fourth-order valence-corrected chi connectivity index (χ4v) is 9.10. The summed E-state index contributed by atoms with van der Waals surface area (Å²) < 4.78 is 41.2. The minimum atomic E-state index is -4.07. The van der Waals surface area contributed by atoms with Gasteiger partial charge in [-0.3, -0.25) is 9.59 Å². The van der Waals surface area contributed by atoms with Crippen LogP contribution in [0.25, 0.3) is 0 Å².